The SMILES string of the molecule is CCOC(=O)c1cc(-c2oc3c(Cl)cc(Cl)cc3c2C)on1. The van der Waals surface area contributed by atoms with Crippen molar-refractivity contribution in [3.8, 4) is 11.5 Å². The van der Waals surface area contributed by atoms with Crippen LogP contribution in [0.1, 0.15) is 23.0 Å². The lowest BCUT2D eigenvalue weighted by Gasteiger charge is -1.94. The van der Waals surface area contributed by atoms with Gasteiger partial charge in [0.15, 0.2) is 17.0 Å². The van der Waals surface area contributed by atoms with Gasteiger partial charge in [0.1, 0.15) is 0 Å². The van der Waals surface area contributed by atoms with E-state index in [-0.39, 0.29) is 12.3 Å². The summed E-state index contributed by atoms with van der Waals surface area (Å²) >= 11 is 12.1. The molecule has 3 aromatic rings. The fourth-order valence-electron chi connectivity index (χ4n) is 2.16. The summed E-state index contributed by atoms with van der Waals surface area (Å²) < 4.78 is 15.8. The van der Waals surface area contributed by atoms with Crippen LogP contribution >= 0.6 is 23.2 Å². The number of fused-ring (bicyclic) bond motifs is 1. The molecule has 3 rings (SSSR count). The van der Waals surface area contributed by atoms with Gasteiger partial charge in [-0.25, -0.2) is 4.79 Å². The predicted molar refractivity (Wildman–Crippen MR) is 82.4 cm³/mol. The Bertz CT molecular complexity index is 866. The van der Waals surface area contributed by atoms with Crippen LogP contribution in [0.25, 0.3) is 22.5 Å². The third-order valence-corrected chi connectivity index (χ3v) is 3.67. The van der Waals surface area contributed by atoms with E-state index in [1.54, 1.807) is 19.1 Å². The normalized spacial score (nSPS) is 11.1. The van der Waals surface area contributed by atoms with E-state index in [0.29, 0.717) is 27.1 Å². The van der Waals surface area contributed by atoms with Gasteiger partial charge in [0.2, 0.25) is 5.76 Å². The minimum atomic E-state index is -0.549. The predicted octanol–water partition coefficient (Wildman–Crippen LogP) is 4.88. The molecular weight excluding hydrogens is 329 g/mol. The number of carbonyl (C=O) groups is 1. The Morgan fingerprint density at radius 2 is 2.09 bits per heavy atom. The minimum absolute atomic E-state index is 0.0841. The molecule has 7 heteroatoms. The number of aryl methyl sites for hydroxylation is 1. The number of rotatable bonds is 3. The molecule has 2 heterocycles. The second-order valence-electron chi connectivity index (χ2n) is 4.62. The van der Waals surface area contributed by atoms with Crippen molar-refractivity contribution in [2.24, 2.45) is 0 Å². The van der Waals surface area contributed by atoms with E-state index in [0.717, 1.165) is 10.9 Å². The highest BCUT2D eigenvalue weighted by atomic mass is 35.5. The van der Waals surface area contributed by atoms with Gasteiger partial charge >= 0.3 is 5.97 Å². The van der Waals surface area contributed by atoms with Gasteiger partial charge in [0, 0.05) is 22.0 Å². The molecule has 2 aromatic heterocycles. The first-order valence-electron chi connectivity index (χ1n) is 6.53. The first-order chi connectivity index (χ1) is 10.5. The smallest absolute Gasteiger partial charge is 0.360 e. The third-order valence-electron chi connectivity index (χ3n) is 3.18. The van der Waals surface area contributed by atoms with Crippen molar-refractivity contribution in [3.05, 3.63) is 39.5 Å². The quantitative estimate of drug-likeness (QED) is 0.636. The van der Waals surface area contributed by atoms with E-state index >= 15 is 0 Å². The van der Waals surface area contributed by atoms with Gasteiger partial charge in [-0.1, -0.05) is 28.4 Å². The van der Waals surface area contributed by atoms with Gasteiger partial charge in [-0.15, -0.1) is 0 Å². The van der Waals surface area contributed by atoms with E-state index in [4.69, 9.17) is 36.9 Å². The van der Waals surface area contributed by atoms with E-state index < -0.39 is 5.97 Å². The highest BCUT2D eigenvalue weighted by molar-refractivity contribution is 6.38. The van der Waals surface area contributed by atoms with Crippen LogP contribution in [0.3, 0.4) is 0 Å². The Morgan fingerprint density at radius 3 is 2.82 bits per heavy atom. The highest BCUT2D eigenvalue weighted by Crippen LogP contribution is 2.38. The van der Waals surface area contributed by atoms with Gasteiger partial charge in [-0.3, -0.25) is 0 Å². The molecule has 0 saturated heterocycles. The molecule has 0 N–H and O–H groups in total. The second-order valence-corrected chi connectivity index (χ2v) is 5.46. The maximum absolute atomic E-state index is 11.6. The van der Waals surface area contributed by atoms with E-state index in [2.05, 4.69) is 5.16 Å². The number of hydrogen-bond acceptors (Lipinski definition) is 5. The Hall–Kier alpha value is -1.98. The zero-order valence-corrected chi connectivity index (χ0v) is 13.3. The van der Waals surface area contributed by atoms with Crippen LogP contribution in [0.5, 0.6) is 0 Å². The second kappa shape index (κ2) is 5.66. The summed E-state index contributed by atoms with van der Waals surface area (Å²) in [5.41, 5.74) is 1.39. The largest absolute Gasteiger partial charge is 0.461 e. The molecule has 0 atom stereocenters. The number of furan rings is 1. The Kier molecular flexibility index (Phi) is 3.85. The maximum atomic E-state index is 11.6. The van der Waals surface area contributed by atoms with Crippen molar-refractivity contribution < 1.29 is 18.5 Å². The number of aromatic nitrogens is 1. The van der Waals surface area contributed by atoms with Crippen LogP contribution in [0.4, 0.5) is 0 Å². The van der Waals surface area contributed by atoms with Crippen LogP contribution in [0, 0.1) is 6.92 Å². The zero-order valence-electron chi connectivity index (χ0n) is 11.8. The fourth-order valence-corrected chi connectivity index (χ4v) is 2.69. The standard InChI is InChI=1S/C15H11Cl2NO4/c1-3-20-15(19)11-6-12(22-18-11)13-7(2)9-4-8(16)5-10(17)14(9)21-13/h4-6H,3H2,1-2H3. The molecular formula is C15H11Cl2NO4. The Labute approximate surface area is 135 Å². The summed E-state index contributed by atoms with van der Waals surface area (Å²) in [6, 6.07) is 4.83. The molecule has 0 unspecified atom stereocenters. The lowest BCUT2D eigenvalue weighted by atomic mass is 10.1. The van der Waals surface area contributed by atoms with Crippen molar-refractivity contribution >= 4 is 40.1 Å². The maximum Gasteiger partial charge on any atom is 0.360 e. The van der Waals surface area contributed by atoms with Crippen molar-refractivity contribution in [2.75, 3.05) is 6.61 Å². The molecule has 0 saturated carbocycles. The van der Waals surface area contributed by atoms with Gasteiger partial charge in [0.25, 0.3) is 0 Å². The molecule has 0 amide bonds. The summed E-state index contributed by atoms with van der Waals surface area (Å²) in [6.07, 6.45) is 0. The summed E-state index contributed by atoms with van der Waals surface area (Å²) in [7, 11) is 0. The molecule has 0 radical (unpaired) electrons. The molecule has 5 nitrogen and oxygen atoms in total. The van der Waals surface area contributed by atoms with E-state index in [1.807, 2.05) is 6.92 Å². The number of hydrogen-bond donors (Lipinski definition) is 0. The van der Waals surface area contributed by atoms with Gasteiger partial charge < -0.3 is 13.7 Å². The average molecular weight is 340 g/mol. The summed E-state index contributed by atoms with van der Waals surface area (Å²) in [5.74, 6) is 0.221. The van der Waals surface area contributed by atoms with E-state index in [9.17, 15) is 4.79 Å². The number of ether oxygens (including phenoxy) is 1. The first-order valence-corrected chi connectivity index (χ1v) is 7.29. The summed E-state index contributed by atoms with van der Waals surface area (Å²) in [6.45, 7) is 3.83. The third kappa shape index (κ3) is 2.46. The van der Waals surface area contributed by atoms with Crippen molar-refractivity contribution in [1.82, 2.24) is 5.16 Å². The molecule has 1 aromatic carbocycles. The van der Waals surface area contributed by atoms with Crippen LogP contribution in [-0.2, 0) is 4.74 Å². The highest BCUT2D eigenvalue weighted by Gasteiger charge is 2.21. The van der Waals surface area contributed by atoms with Gasteiger partial charge in [0.05, 0.1) is 11.6 Å². The van der Waals surface area contributed by atoms with Crippen molar-refractivity contribution in [3.63, 3.8) is 0 Å². The summed E-state index contributed by atoms with van der Waals surface area (Å²) in [4.78, 5) is 11.6. The number of nitrogens with zero attached hydrogens (tertiary/aromatic N) is 1. The minimum Gasteiger partial charge on any atom is -0.461 e. The van der Waals surface area contributed by atoms with Crippen LogP contribution in [0.2, 0.25) is 10.0 Å². The zero-order chi connectivity index (χ0) is 15.9. The Morgan fingerprint density at radius 1 is 1.32 bits per heavy atom. The molecule has 0 fully saturated rings. The number of halogens is 2. The molecule has 22 heavy (non-hydrogen) atoms. The lowest BCUT2D eigenvalue weighted by Crippen LogP contribution is -2.04. The summed E-state index contributed by atoms with van der Waals surface area (Å²) in [5, 5.41) is 5.39. The van der Waals surface area contributed by atoms with Crippen molar-refractivity contribution in [1.29, 1.82) is 0 Å². The lowest BCUT2D eigenvalue weighted by molar-refractivity contribution is 0.0514. The number of benzene rings is 1. The molecule has 114 valence electrons. The first kappa shape index (κ1) is 14.9. The molecule has 0 bridgehead atoms. The topological polar surface area (TPSA) is 65.5 Å². The van der Waals surface area contributed by atoms with E-state index in [1.165, 1.54) is 6.07 Å². The molecule has 0 aliphatic heterocycles. The molecule has 0 aliphatic rings. The molecule has 0 aliphatic carbocycles. The fraction of sp³-hybridized carbons (Fsp3) is 0.200. The average Bonchev–Trinajstić information content (AvgIpc) is 3.05. The van der Waals surface area contributed by atoms with Crippen molar-refractivity contribution in [2.45, 2.75) is 13.8 Å². The Balaban J connectivity index is 2.09. The monoisotopic (exact) mass is 339 g/mol. The van der Waals surface area contributed by atoms with Crippen LogP contribution in [0.15, 0.2) is 27.1 Å². The van der Waals surface area contributed by atoms with Crippen LogP contribution in [-0.4, -0.2) is 17.7 Å². The van der Waals surface area contributed by atoms with Gasteiger partial charge in [-0.2, -0.15) is 0 Å². The number of esters is 1. The number of carbonyl (C=O) groups excluding carboxylic acids is 1. The van der Waals surface area contributed by atoms with Gasteiger partial charge in [-0.05, 0) is 26.0 Å². The molecule has 0 spiro atoms. The van der Waals surface area contributed by atoms with Crippen LogP contribution < -0.4 is 0 Å².